The number of ether oxygens (including phenoxy) is 2. The molecule has 0 unspecified atom stereocenters. The second kappa shape index (κ2) is 13.8. The molecule has 1 aromatic heterocycles. The Morgan fingerprint density at radius 3 is 2.73 bits per heavy atom. The maximum atomic E-state index is 13.4. The highest BCUT2D eigenvalue weighted by molar-refractivity contribution is 5.88. The van der Waals surface area contributed by atoms with E-state index in [0.29, 0.717) is 61.4 Å². The van der Waals surface area contributed by atoms with Crippen molar-refractivity contribution < 1.29 is 23.5 Å². The van der Waals surface area contributed by atoms with Crippen LogP contribution in [0.5, 0.6) is 11.5 Å². The molecule has 1 atom stereocenters. The van der Waals surface area contributed by atoms with Gasteiger partial charge in [0.25, 0.3) is 0 Å². The van der Waals surface area contributed by atoms with Gasteiger partial charge in [0.1, 0.15) is 17.5 Å². The van der Waals surface area contributed by atoms with Crippen molar-refractivity contribution >= 4 is 11.8 Å². The van der Waals surface area contributed by atoms with Crippen molar-refractivity contribution in [2.75, 3.05) is 33.4 Å². The summed E-state index contributed by atoms with van der Waals surface area (Å²) >= 11 is 0. The van der Waals surface area contributed by atoms with Crippen LogP contribution in [0, 0.1) is 6.92 Å². The van der Waals surface area contributed by atoms with Crippen LogP contribution < -0.4 is 20.1 Å². The van der Waals surface area contributed by atoms with Gasteiger partial charge in [-0.3, -0.25) is 14.5 Å². The van der Waals surface area contributed by atoms with E-state index in [-0.39, 0.29) is 24.9 Å². The number of aryl methyl sites for hydroxylation is 1. The van der Waals surface area contributed by atoms with Crippen LogP contribution in [0.1, 0.15) is 37.3 Å². The number of methoxy groups -OCH3 is 1. The predicted molar refractivity (Wildman–Crippen MR) is 153 cm³/mol. The van der Waals surface area contributed by atoms with Gasteiger partial charge in [0.2, 0.25) is 17.7 Å². The van der Waals surface area contributed by atoms with Crippen molar-refractivity contribution in [3.05, 3.63) is 77.2 Å². The molecule has 2 amide bonds. The normalized spacial score (nSPS) is 17.1. The van der Waals surface area contributed by atoms with Crippen molar-refractivity contribution in [1.29, 1.82) is 0 Å². The van der Waals surface area contributed by atoms with Crippen molar-refractivity contribution in [3.8, 4) is 23.0 Å². The van der Waals surface area contributed by atoms with Crippen LogP contribution in [0.3, 0.4) is 0 Å². The number of hydrogen-bond acceptors (Lipinski definition) is 7. The van der Waals surface area contributed by atoms with E-state index < -0.39 is 6.04 Å². The third-order valence-corrected chi connectivity index (χ3v) is 6.67. The van der Waals surface area contributed by atoms with E-state index in [1.807, 2.05) is 69.3 Å². The standard InChI is InChI=1S/C31H38N4O5/c1-21(2)13-15-35-14-8-16-39-28-18-24(11-12-27(28)38-4)31-34-26(22(3)40-31)19-32-30(37)25(33-29(36)20-35)17-23-9-6-5-7-10-23/h5-7,9-13,18,25H,8,14-17,19-20H2,1-4H3,(H,32,37)(H,33,36)/t25-/m1/s1. The van der Waals surface area contributed by atoms with Gasteiger partial charge in [-0.2, -0.15) is 0 Å². The molecule has 0 saturated heterocycles. The maximum absolute atomic E-state index is 13.4. The summed E-state index contributed by atoms with van der Waals surface area (Å²) in [6.07, 6.45) is 3.15. The lowest BCUT2D eigenvalue weighted by Crippen LogP contribution is -2.50. The molecule has 40 heavy (non-hydrogen) atoms. The minimum Gasteiger partial charge on any atom is -0.493 e. The summed E-state index contributed by atoms with van der Waals surface area (Å²) < 4.78 is 17.5. The molecule has 0 radical (unpaired) electrons. The largest absolute Gasteiger partial charge is 0.493 e. The van der Waals surface area contributed by atoms with Crippen LogP contribution in [0.15, 0.2) is 64.6 Å². The van der Waals surface area contributed by atoms with E-state index in [1.54, 1.807) is 7.11 Å². The number of rotatable bonds is 5. The predicted octanol–water partition coefficient (Wildman–Crippen LogP) is 4.05. The molecule has 1 aliphatic heterocycles. The zero-order valence-electron chi connectivity index (χ0n) is 23.7. The fourth-order valence-corrected chi connectivity index (χ4v) is 4.45. The third kappa shape index (κ3) is 7.95. The second-order valence-electron chi connectivity index (χ2n) is 10.1. The molecule has 212 valence electrons. The van der Waals surface area contributed by atoms with E-state index in [9.17, 15) is 9.59 Å². The molecule has 1 aliphatic rings. The molecular weight excluding hydrogens is 508 g/mol. The lowest BCUT2D eigenvalue weighted by Gasteiger charge is -2.23. The Labute approximate surface area is 235 Å². The van der Waals surface area contributed by atoms with Crippen molar-refractivity contribution in [3.63, 3.8) is 0 Å². The first-order valence-electron chi connectivity index (χ1n) is 13.6. The molecule has 0 spiro atoms. The number of nitrogens with one attached hydrogen (secondary N) is 2. The molecule has 0 fully saturated rings. The van der Waals surface area contributed by atoms with Gasteiger partial charge < -0.3 is 24.5 Å². The number of benzene rings is 2. The average Bonchev–Trinajstić information content (AvgIpc) is 3.32. The lowest BCUT2D eigenvalue weighted by atomic mass is 10.1. The quantitative estimate of drug-likeness (QED) is 0.465. The minimum absolute atomic E-state index is 0.160. The van der Waals surface area contributed by atoms with Crippen molar-refractivity contribution in [2.24, 2.45) is 0 Å². The Morgan fingerprint density at radius 1 is 1.18 bits per heavy atom. The van der Waals surface area contributed by atoms with Gasteiger partial charge in [0.05, 0.1) is 26.8 Å². The monoisotopic (exact) mass is 546 g/mol. The minimum atomic E-state index is -0.738. The highest BCUT2D eigenvalue weighted by Crippen LogP contribution is 2.33. The Morgan fingerprint density at radius 2 is 1.98 bits per heavy atom. The van der Waals surface area contributed by atoms with E-state index in [4.69, 9.17) is 13.9 Å². The third-order valence-electron chi connectivity index (χ3n) is 6.67. The molecule has 0 saturated carbocycles. The first-order valence-corrected chi connectivity index (χ1v) is 13.6. The van der Waals surface area contributed by atoms with Crippen LogP contribution in [-0.2, 0) is 22.6 Å². The SMILES string of the molecule is COc1ccc2cc1OCCCN(CC=C(C)C)CC(=O)N[C@H](Cc1ccccc1)C(=O)NCc1nc-2oc1C. The Bertz CT molecular complexity index is 1330. The fraction of sp³-hybridized carbons (Fsp3) is 0.387. The summed E-state index contributed by atoms with van der Waals surface area (Å²) in [4.78, 5) is 33.2. The number of carbonyl (C=O) groups excluding carboxylic acids is 2. The maximum Gasteiger partial charge on any atom is 0.243 e. The van der Waals surface area contributed by atoms with Gasteiger partial charge in [-0.05, 0) is 51.0 Å². The van der Waals surface area contributed by atoms with Crippen LogP contribution in [0.4, 0.5) is 0 Å². The molecule has 4 bridgehead atoms. The van der Waals surface area contributed by atoms with Gasteiger partial charge in [-0.15, -0.1) is 0 Å². The van der Waals surface area contributed by atoms with Crippen LogP contribution in [-0.4, -0.2) is 61.1 Å². The molecular formula is C31H38N4O5. The molecule has 2 aromatic carbocycles. The number of amides is 2. The first kappa shape index (κ1) is 28.9. The second-order valence-corrected chi connectivity index (χ2v) is 10.1. The summed E-state index contributed by atoms with van der Waals surface area (Å²) in [6.45, 7) is 7.89. The van der Waals surface area contributed by atoms with E-state index in [0.717, 1.165) is 11.1 Å². The summed E-state index contributed by atoms with van der Waals surface area (Å²) in [5.74, 6) is 1.73. The van der Waals surface area contributed by atoms with Crippen LogP contribution in [0.2, 0.25) is 0 Å². The zero-order valence-corrected chi connectivity index (χ0v) is 23.7. The topological polar surface area (TPSA) is 106 Å². The molecule has 4 rings (SSSR count). The van der Waals surface area contributed by atoms with E-state index in [2.05, 4.69) is 26.6 Å². The number of allylic oxidation sites excluding steroid dienone is 1. The van der Waals surface area contributed by atoms with E-state index in [1.165, 1.54) is 5.57 Å². The van der Waals surface area contributed by atoms with Gasteiger partial charge in [-0.25, -0.2) is 4.98 Å². The molecule has 9 heteroatoms. The van der Waals surface area contributed by atoms with Crippen LogP contribution >= 0.6 is 0 Å². The Kier molecular flexibility index (Phi) is 9.96. The lowest BCUT2D eigenvalue weighted by molar-refractivity contribution is -0.129. The number of carbonyl (C=O) groups is 2. The Balaban J connectivity index is 1.63. The highest BCUT2D eigenvalue weighted by Gasteiger charge is 2.24. The zero-order chi connectivity index (χ0) is 28.5. The summed E-state index contributed by atoms with van der Waals surface area (Å²) in [5.41, 5.74) is 3.49. The number of aromatic nitrogens is 1. The highest BCUT2D eigenvalue weighted by atomic mass is 16.5. The smallest absolute Gasteiger partial charge is 0.243 e. The van der Waals surface area contributed by atoms with Gasteiger partial charge in [-0.1, -0.05) is 42.0 Å². The van der Waals surface area contributed by atoms with Crippen LogP contribution in [0.25, 0.3) is 11.5 Å². The molecule has 3 aromatic rings. The number of oxazole rings is 1. The first-order chi connectivity index (χ1) is 19.3. The number of nitrogens with zero attached hydrogens (tertiary/aromatic N) is 2. The Hall–Kier alpha value is -4.11. The molecule has 2 heterocycles. The number of hydrogen-bond donors (Lipinski definition) is 2. The fourth-order valence-electron chi connectivity index (χ4n) is 4.45. The summed E-state index contributed by atoms with van der Waals surface area (Å²) in [6, 6.07) is 14.5. The molecule has 0 aliphatic carbocycles. The molecule has 2 N–H and O–H groups in total. The van der Waals surface area contributed by atoms with Crippen molar-refractivity contribution in [1.82, 2.24) is 20.5 Å². The van der Waals surface area contributed by atoms with E-state index >= 15 is 0 Å². The van der Waals surface area contributed by atoms with Crippen molar-refractivity contribution in [2.45, 2.75) is 46.2 Å². The molecule has 9 nitrogen and oxygen atoms in total. The summed E-state index contributed by atoms with van der Waals surface area (Å²) in [7, 11) is 1.60. The van der Waals surface area contributed by atoms with Gasteiger partial charge in [0.15, 0.2) is 11.5 Å². The average molecular weight is 547 g/mol. The number of fused-ring (bicyclic) bond motifs is 5. The summed E-state index contributed by atoms with van der Waals surface area (Å²) in [5, 5.41) is 5.91. The van der Waals surface area contributed by atoms with Gasteiger partial charge >= 0.3 is 0 Å². The van der Waals surface area contributed by atoms with Gasteiger partial charge in [0, 0.05) is 25.1 Å².